The second-order valence-electron chi connectivity index (χ2n) is 5.37. The molecule has 2 unspecified atom stereocenters. The Morgan fingerprint density at radius 1 is 1.50 bits per heavy atom. The van der Waals surface area contributed by atoms with Crippen molar-refractivity contribution in [3.8, 4) is 5.75 Å². The second kappa shape index (κ2) is 5.74. The highest BCUT2D eigenvalue weighted by atomic mass is 32.2. The van der Waals surface area contributed by atoms with Crippen LogP contribution in [-0.2, 0) is 4.74 Å². The Morgan fingerprint density at radius 3 is 3.10 bits per heavy atom. The van der Waals surface area contributed by atoms with Gasteiger partial charge in [0.25, 0.3) is 0 Å². The quantitative estimate of drug-likeness (QED) is 0.803. The molecule has 0 aliphatic carbocycles. The molecule has 3 rings (SSSR count). The molecule has 1 aromatic rings. The van der Waals surface area contributed by atoms with E-state index in [1.165, 1.54) is 12.1 Å². The lowest BCUT2D eigenvalue weighted by molar-refractivity contribution is -0.0964. The fraction of sp³-hybridized carbons (Fsp3) is 0.533. The Bertz CT molecular complexity index is 500. The summed E-state index contributed by atoms with van der Waals surface area (Å²) < 4.78 is 25.6. The molecule has 1 aromatic carbocycles. The lowest BCUT2D eigenvalue weighted by Gasteiger charge is -2.37. The van der Waals surface area contributed by atoms with Crippen molar-refractivity contribution in [1.82, 2.24) is 0 Å². The van der Waals surface area contributed by atoms with E-state index in [1.807, 2.05) is 11.8 Å². The third-order valence-corrected chi connectivity index (χ3v) is 5.12. The number of hydrogen-bond acceptors (Lipinski definition) is 4. The maximum atomic E-state index is 13.8. The average molecular weight is 296 g/mol. The predicted molar refractivity (Wildman–Crippen MR) is 76.1 cm³/mol. The van der Waals surface area contributed by atoms with Gasteiger partial charge in [-0.2, -0.15) is 11.8 Å². The van der Waals surface area contributed by atoms with Crippen LogP contribution in [0.5, 0.6) is 5.75 Å². The van der Waals surface area contributed by atoms with E-state index in [4.69, 9.17) is 9.47 Å². The Morgan fingerprint density at radius 2 is 2.40 bits per heavy atom. The highest BCUT2D eigenvalue weighted by Gasteiger charge is 2.41. The molecule has 108 valence electrons. The predicted octanol–water partition coefficient (Wildman–Crippen LogP) is 3.07. The normalized spacial score (nSPS) is 29.6. The lowest BCUT2D eigenvalue weighted by Crippen LogP contribution is -2.43. The zero-order valence-electron chi connectivity index (χ0n) is 11.1. The van der Waals surface area contributed by atoms with Gasteiger partial charge in [0, 0.05) is 24.2 Å². The topological polar surface area (TPSA) is 35.5 Å². The SMILES string of the molecule is O=Cc1ccc(OC2CCOC3(CCSC3)C2)c(F)c1. The molecule has 2 atom stereocenters. The van der Waals surface area contributed by atoms with Gasteiger partial charge in [-0.1, -0.05) is 0 Å². The third kappa shape index (κ3) is 2.83. The lowest BCUT2D eigenvalue weighted by atomic mass is 9.91. The van der Waals surface area contributed by atoms with Crippen LogP contribution < -0.4 is 4.74 Å². The maximum Gasteiger partial charge on any atom is 0.165 e. The molecule has 3 nitrogen and oxygen atoms in total. The Hall–Kier alpha value is -1.07. The fourth-order valence-electron chi connectivity index (χ4n) is 2.81. The Labute approximate surface area is 121 Å². The second-order valence-corrected chi connectivity index (χ2v) is 6.48. The van der Waals surface area contributed by atoms with E-state index in [1.54, 1.807) is 6.07 Å². The maximum absolute atomic E-state index is 13.8. The van der Waals surface area contributed by atoms with Crippen LogP contribution in [-0.4, -0.2) is 36.1 Å². The summed E-state index contributed by atoms with van der Waals surface area (Å²) >= 11 is 1.90. The van der Waals surface area contributed by atoms with Crippen molar-refractivity contribution in [2.75, 3.05) is 18.1 Å². The average Bonchev–Trinajstić information content (AvgIpc) is 2.89. The van der Waals surface area contributed by atoms with Gasteiger partial charge in [0.15, 0.2) is 11.6 Å². The molecule has 2 fully saturated rings. The summed E-state index contributed by atoms with van der Waals surface area (Å²) in [4.78, 5) is 10.6. The highest BCUT2D eigenvalue weighted by molar-refractivity contribution is 7.99. The first-order valence-corrected chi connectivity index (χ1v) is 7.99. The number of hydrogen-bond donors (Lipinski definition) is 0. The molecule has 0 saturated carbocycles. The number of halogens is 1. The number of thioether (sulfide) groups is 1. The number of aldehydes is 1. The highest BCUT2D eigenvalue weighted by Crippen LogP contribution is 2.39. The van der Waals surface area contributed by atoms with Gasteiger partial charge in [0.05, 0.1) is 12.2 Å². The molecule has 0 radical (unpaired) electrons. The van der Waals surface area contributed by atoms with E-state index in [0.29, 0.717) is 18.5 Å². The fourth-order valence-corrected chi connectivity index (χ4v) is 4.19. The van der Waals surface area contributed by atoms with Gasteiger partial charge in [-0.15, -0.1) is 0 Å². The Kier molecular flexibility index (Phi) is 3.98. The molecule has 1 spiro atoms. The Balaban J connectivity index is 1.69. The largest absolute Gasteiger partial charge is 0.487 e. The standard InChI is InChI=1S/C15H17FO3S/c16-13-7-11(9-17)1-2-14(13)19-12-3-5-18-15(8-12)4-6-20-10-15/h1-2,7,9,12H,3-6,8,10H2. The van der Waals surface area contributed by atoms with Crippen molar-refractivity contribution in [3.05, 3.63) is 29.6 Å². The van der Waals surface area contributed by atoms with Crippen LogP contribution in [0.25, 0.3) is 0 Å². The van der Waals surface area contributed by atoms with E-state index in [-0.39, 0.29) is 17.5 Å². The van der Waals surface area contributed by atoms with Gasteiger partial charge in [0.2, 0.25) is 0 Å². The van der Waals surface area contributed by atoms with E-state index in [0.717, 1.165) is 30.8 Å². The number of carbonyl (C=O) groups excluding carboxylic acids is 1. The van der Waals surface area contributed by atoms with Gasteiger partial charge in [-0.05, 0) is 30.4 Å². The van der Waals surface area contributed by atoms with E-state index in [9.17, 15) is 9.18 Å². The van der Waals surface area contributed by atoms with Crippen molar-refractivity contribution in [3.63, 3.8) is 0 Å². The molecular weight excluding hydrogens is 279 g/mol. The molecule has 0 N–H and O–H groups in total. The summed E-state index contributed by atoms with van der Waals surface area (Å²) in [6.07, 6.45) is 3.26. The minimum absolute atomic E-state index is 0.0148. The van der Waals surface area contributed by atoms with Gasteiger partial charge < -0.3 is 9.47 Å². The van der Waals surface area contributed by atoms with Crippen LogP contribution in [0, 0.1) is 5.82 Å². The molecular formula is C15H17FO3S. The van der Waals surface area contributed by atoms with Crippen molar-refractivity contribution >= 4 is 18.0 Å². The van der Waals surface area contributed by atoms with Crippen molar-refractivity contribution in [1.29, 1.82) is 0 Å². The molecule has 2 saturated heterocycles. The van der Waals surface area contributed by atoms with Crippen LogP contribution in [0.4, 0.5) is 4.39 Å². The van der Waals surface area contributed by atoms with Crippen LogP contribution in [0.2, 0.25) is 0 Å². The number of rotatable bonds is 3. The molecule has 0 aromatic heterocycles. The van der Waals surface area contributed by atoms with Crippen molar-refractivity contribution in [2.24, 2.45) is 0 Å². The monoisotopic (exact) mass is 296 g/mol. The summed E-state index contributed by atoms with van der Waals surface area (Å²) in [5.74, 6) is 1.87. The third-order valence-electron chi connectivity index (χ3n) is 3.90. The molecule has 0 bridgehead atoms. The smallest absolute Gasteiger partial charge is 0.165 e. The summed E-state index contributed by atoms with van der Waals surface area (Å²) in [5, 5.41) is 0. The minimum atomic E-state index is -0.476. The summed E-state index contributed by atoms with van der Waals surface area (Å²) in [6, 6.07) is 4.32. The van der Waals surface area contributed by atoms with Crippen LogP contribution in [0.15, 0.2) is 18.2 Å². The van der Waals surface area contributed by atoms with Gasteiger partial charge in [-0.25, -0.2) is 4.39 Å². The zero-order valence-corrected chi connectivity index (χ0v) is 12.0. The van der Waals surface area contributed by atoms with Crippen LogP contribution >= 0.6 is 11.8 Å². The summed E-state index contributed by atoms with van der Waals surface area (Å²) in [6.45, 7) is 0.666. The number of carbonyl (C=O) groups is 1. The zero-order chi connectivity index (χ0) is 14.0. The van der Waals surface area contributed by atoms with E-state index >= 15 is 0 Å². The first-order chi connectivity index (χ1) is 9.71. The van der Waals surface area contributed by atoms with Crippen LogP contribution in [0.3, 0.4) is 0 Å². The van der Waals surface area contributed by atoms with Crippen molar-refractivity contribution in [2.45, 2.75) is 31.0 Å². The molecule has 0 amide bonds. The van der Waals surface area contributed by atoms with Crippen LogP contribution in [0.1, 0.15) is 29.6 Å². The molecule has 2 aliphatic rings. The van der Waals surface area contributed by atoms with Gasteiger partial charge in [0.1, 0.15) is 12.4 Å². The van der Waals surface area contributed by atoms with Gasteiger partial charge >= 0.3 is 0 Å². The molecule has 2 heterocycles. The molecule has 20 heavy (non-hydrogen) atoms. The molecule has 2 aliphatic heterocycles. The first-order valence-electron chi connectivity index (χ1n) is 6.84. The minimum Gasteiger partial charge on any atom is -0.487 e. The number of ether oxygens (including phenoxy) is 2. The van der Waals surface area contributed by atoms with E-state index < -0.39 is 5.82 Å². The summed E-state index contributed by atoms with van der Waals surface area (Å²) in [7, 11) is 0. The van der Waals surface area contributed by atoms with E-state index in [2.05, 4.69) is 0 Å². The first kappa shape index (κ1) is 13.9. The summed E-state index contributed by atoms with van der Waals surface area (Å²) in [5.41, 5.74) is 0.248. The molecule has 5 heteroatoms. The van der Waals surface area contributed by atoms with Gasteiger partial charge in [-0.3, -0.25) is 4.79 Å². The number of benzene rings is 1. The van der Waals surface area contributed by atoms with Crippen molar-refractivity contribution < 1.29 is 18.7 Å².